The Balaban J connectivity index is 0. The fourth-order valence-corrected chi connectivity index (χ4v) is 3.29. The highest BCUT2D eigenvalue weighted by molar-refractivity contribution is 9.09. The summed E-state index contributed by atoms with van der Waals surface area (Å²) >= 11 is 3.66. The smallest absolute Gasteiger partial charge is 0.0885 e. The Morgan fingerprint density at radius 1 is 0.667 bits per heavy atom. The Labute approximate surface area is 134 Å². The molecule has 0 amide bonds. The molecule has 0 aliphatic heterocycles. The summed E-state index contributed by atoms with van der Waals surface area (Å²) in [5.41, 5.74) is 0. The standard InChI is InChI=1S/C15H33BrN.BrH/c1-4-7-10-14-17(15-11-16,12-8-5-2)13-9-6-3;/h4-15H2,1-3H3;1H/q+1;/p-1. The van der Waals surface area contributed by atoms with Gasteiger partial charge in [0.25, 0.3) is 0 Å². The molecular formula is C15H33Br2N. The molecule has 0 rings (SSSR count). The van der Waals surface area contributed by atoms with Gasteiger partial charge in [-0.15, -0.1) is 0 Å². The lowest BCUT2D eigenvalue weighted by molar-refractivity contribution is -0.926. The highest BCUT2D eigenvalue weighted by atomic mass is 79.9. The summed E-state index contributed by atoms with van der Waals surface area (Å²) in [6, 6.07) is 0. The zero-order valence-corrected chi connectivity index (χ0v) is 15.9. The van der Waals surface area contributed by atoms with Crippen LogP contribution in [-0.4, -0.2) is 36.0 Å². The van der Waals surface area contributed by atoms with Crippen molar-refractivity contribution in [3.63, 3.8) is 0 Å². The Morgan fingerprint density at radius 3 is 1.50 bits per heavy atom. The van der Waals surface area contributed by atoms with Crippen LogP contribution < -0.4 is 17.0 Å². The summed E-state index contributed by atoms with van der Waals surface area (Å²) in [6.45, 7) is 12.4. The molecule has 112 valence electrons. The molecule has 0 aliphatic rings. The van der Waals surface area contributed by atoms with Crippen molar-refractivity contribution in [3.8, 4) is 0 Å². The first-order valence-corrected chi connectivity index (χ1v) is 8.77. The van der Waals surface area contributed by atoms with Crippen molar-refractivity contribution in [1.82, 2.24) is 0 Å². The molecule has 0 unspecified atom stereocenters. The molecule has 0 saturated carbocycles. The number of unbranched alkanes of at least 4 members (excludes halogenated alkanes) is 4. The van der Waals surface area contributed by atoms with Gasteiger partial charge in [-0.05, 0) is 25.7 Å². The molecule has 18 heavy (non-hydrogen) atoms. The van der Waals surface area contributed by atoms with Gasteiger partial charge < -0.3 is 21.5 Å². The third-order valence-corrected chi connectivity index (χ3v) is 4.12. The summed E-state index contributed by atoms with van der Waals surface area (Å²) in [5, 5.41) is 1.16. The Kier molecular flexibility index (Phi) is 16.9. The molecule has 0 aromatic carbocycles. The molecule has 0 aromatic rings. The van der Waals surface area contributed by atoms with E-state index in [2.05, 4.69) is 36.7 Å². The highest BCUT2D eigenvalue weighted by Gasteiger charge is 2.24. The van der Waals surface area contributed by atoms with Crippen LogP contribution in [-0.2, 0) is 0 Å². The number of hydrogen-bond donors (Lipinski definition) is 0. The Morgan fingerprint density at radius 2 is 1.11 bits per heavy atom. The Bertz CT molecular complexity index is 155. The van der Waals surface area contributed by atoms with Crippen molar-refractivity contribution in [3.05, 3.63) is 0 Å². The maximum absolute atomic E-state index is 3.66. The van der Waals surface area contributed by atoms with E-state index in [4.69, 9.17) is 0 Å². The summed E-state index contributed by atoms with van der Waals surface area (Å²) < 4.78 is 1.37. The lowest BCUT2D eigenvalue weighted by Gasteiger charge is -2.39. The van der Waals surface area contributed by atoms with Crippen LogP contribution in [0, 0.1) is 0 Å². The van der Waals surface area contributed by atoms with Crippen molar-refractivity contribution in [2.45, 2.75) is 65.7 Å². The minimum absolute atomic E-state index is 0. The summed E-state index contributed by atoms with van der Waals surface area (Å²) in [7, 11) is 0. The molecule has 3 heteroatoms. The summed E-state index contributed by atoms with van der Waals surface area (Å²) in [4.78, 5) is 0. The number of alkyl halides is 1. The van der Waals surface area contributed by atoms with Gasteiger partial charge in [0.2, 0.25) is 0 Å². The number of nitrogens with zero attached hydrogens (tertiary/aromatic N) is 1. The normalized spacial score (nSPS) is 11.3. The van der Waals surface area contributed by atoms with Crippen LogP contribution in [0.4, 0.5) is 0 Å². The monoisotopic (exact) mass is 385 g/mol. The van der Waals surface area contributed by atoms with Gasteiger partial charge in [-0.3, -0.25) is 0 Å². The molecule has 0 saturated heterocycles. The predicted molar refractivity (Wildman–Crippen MR) is 82.9 cm³/mol. The molecule has 0 radical (unpaired) electrons. The van der Waals surface area contributed by atoms with E-state index in [1.807, 2.05) is 0 Å². The number of halogens is 2. The van der Waals surface area contributed by atoms with Gasteiger partial charge in [0, 0.05) is 0 Å². The summed E-state index contributed by atoms with van der Waals surface area (Å²) in [6.07, 6.45) is 9.61. The number of rotatable bonds is 12. The minimum atomic E-state index is 0. The van der Waals surface area contributed by atoms with E-state index >= 15 is 0 Å². The van der Waals surface area contributed by atoms with Gasteiger partial charge in [0.05, 0.1) is 31.5 Å². The van der Waals surface area contributed by atoms with E-state index in [1.165, 1.54) is 75.6 Å². The van der Waals surface area contributed by atoms with E-state index in [1.54, 1.807) is 0 Å². The van der Waals surface area contributed by atoms with Crippen LogP contribution in [0.1, 0.15) is 65.7 Å². The molecule has 0 bridgehead atoms. The van der Waals surface area contributed by atoms with Gasteiger partial charge in [-0.2, -0.15) is 0 Å². The van der Waals surface area contributed by atoms with Crippen LogP contribution in [0.15, 0.2) is 0 Å². The predicted octanol–water partition coefficient (Wildman–Crippen LogP) is 1.99. The van der Waals surface area contributed by atoms with Gasteiger partial charge in [-0.1, -0.05) is 56.0 Å². The van der Waals surface area contributed by atoms with Gasteiger partial charge in [0.1, 0.15) is 0 Å². The van der Waals surface area contributed by atoms with Crippen molar-refractivity contribution >= 4 is 15.9 Å². The van der Waals surface area contributed by atoms with E-state index in [9.17, 15) is 0 Å². The molecule has 1 nitrogen and oxygen atoms in total. The second-order valence-corrected chi connectivity index (χ2v) is 6.13. The fraction of sp³-hybridized carbons (Fsp3) is 1.00. The third-order valence-electron chi connectivity index (χ3n) is 3.77. The van der Waals surface area contributed by atoms with E-state index in [0.29, 0.717) is 0 Å². The lowest BCUT2D eigenvalue weighted by atomic mass is 10.1. The van der Waals surface area contributed by atoms with Crippen molar-refractivity contribution in [1.29, 1.82) is 0 Å². The maximum atomic E-state index is 3.66. The molecule has 0 fully saturated rings. The van der Waals surface area contributed by atoms with Gasteiger partial charge in [0.15, 0.2) is 0 Å². The lowest BCUT2D eigenvalue weighted by Crippen LogP contribution is -3.00. The fourth-order valence-electron chi connectivity index (χ4n) is 2.53. The number of hydrogen-bond acceptors (Lipinski definition) is 0. The molecule has 0 heterocycles. The van der Waals surface area contributed by atoms with Gasteiger partial charge in [-0.25, -0.2) is 0 Å². The van der Waals surface area contributed by atoms with E-state index < -0.39 is 0 Å². The van der Waals surface area contributed by atoms with Crippen molar-refractivity contribution in [2.75, 3.05) is 31.5 Å². The molecule has 0 N–H and O–H groups in total. The molecule has 0 spiro atoms. The second-order valence-electron chi connectivity index (χ2n) is 5.34. The molecular weight excluding hydrogens is 354 g/mol. The highest BCUT2D eigenvalue weighted by Crippen LogP contribution is 2.15. The first-order chi connectivity index (χ1) is 8.24. The molecule has 0 aromatic heterocycles. The van der Waals surface area contributed by atoms with E-state index in [-0.39, 0.29) is 17.0 Å². The quantitative estimate of drug-likeness (QED) is 0.273. The number of quaternary nitrogens is 1. The second kappa shape index (κ2) is 14.3. The third kappa shape index (κ3) is 9.80. The zero-order chi connectivity index (χ0) is 13.0. The maximum Gasteiger partial charge on any atom is 0.0885 e. The zero-order valence-electron chi connectivity index (χ0n) is 12.7. The first-order valence-electron chi connectivity index (χ1n) is 7.65. The molecule has 0 aliphatic carbocycles. The summed E-state index contributed by atoms with van der Waals surface area (Å²) in [5.74, 6) is 0. The van der Waals surface area contributed by atoms with Crippen LogP contribution in [0.5, 0.6) is 0 Å². The van der Waals surface area contributed by atoms with E-state index in [0.717, 1.165) is 5.33 Å². The average molecular weight is 387 g/mol. The van der Waals surface area contributed by atoms with Crippen molar-refractivity contribution < 1.29 is 21.5 Å². The molecule has 0 atom stereocenters. The van der Waals surface area contributed by atoms with Crippen molar-refractivity contribution in [2.24, 2.45) is 0 Å². The first kappa shape index (κ1) is 21.2. The Hall–Kier alpha value is 0.920. The topological polar surface area (TPSA) is 0 Å². The van der Waals surface area contributed by atoms with Crippen LogP contribution in [0.25, 0.3) is 0 Å². The van der Waals surface area contributed by atoms with Crippen LogP contribution >= 0.6 is 15.9 Å². The van der Waals surface area contributed by atoms with Gasteiger partial charge >= 0.3 is 0 Å². The SMILES string of the molecule is CCCCC[N+](CCBr)(CCCC)CCCC.[Br-]. The largest absolute Gasteiger partial charge is 1.00 e. The average Bonchev–Trinajstić information content (AvgIpc) is 2.34. The minimum Gasteiger partial charge on any atom is -1.00 e. The van der Waals surface area contributed by atoms with Crippen LogP contribution in [0.3, 0.4) is 0 Å². The van der Waals surface area contributed by atoms with Crippen LogP contribution in [0.2, 0.25) is 0 Å².